The molecule has 1 saturated heterocycles. The molecule has 1 aromatic carbocycles. The van der Waals surface area contributed by atoms with Gasteiger partial charge in [-0.1, -0.05) is 13.0 Å². The van der Waals surface area contributed by atoms with E-state index in [1.807, 2.05) is 12.1 Å². The average Bonchev–Trinajstić information content (AvgIpc) is 2.39. The van der Waals surface area contributed by atoms with Gasteiger partial charge in [-0.15, -0.1) is 0 Å². The van der Waals surface area contributed by atoms with Gasteiger partial charge in [0, 0.05) is 19.1 Å². The van der Waals surface area contributed by atoms with Gasteiger partial charge < -0.3 is 15.2 Å². The van der Waals surface area contributed by atoms with Gasteiger partial charge in [0.25, 0.3) is 0 Å². The largest absolute Gasteiger partial charge is 0.495 e. The molecule has 19 heavy (non-hydrogen) atoms. The van der Waals surface area contributed by atoms with Crippen LogP contribution in [0, 0.1) is 0 Å². The van der Waals surface area contributed by atoms with Crippen molar-refractivity contribution in [1.29, 1.82) is 0 Å². The van der Waals surface area contributed by atoms with Crippen molar-refractivity contribution in [3.05, 3.63) is 23.8 Å². The molecule has 0 bridgehead atoms. The van der Waals surface area contributed by atoms with Crippen LogP contribution >= 0.6 is 0 Å². The number of hydrogen-bond acceptors (Lipinski definition) is 4. The summed E-state index contributed by atoms with van der Waals surface area (Å²) in [4.78, 5) is 2.48. The lowest BCUT2D eigenvalue weighted by Gasteiger charge is -2.38. The summed E-state index contributed by atoms with van der Waals surface area (Å²) < 4.78 is 10.9. The molecule has 4 heteroatoms. The lowest BCUT2D eigenvalue weighted by atomic mass is 10.1. The maximum absolute atomic E-state index is 5.96. The number of methoxy groups -OCH3 is 1. The third kappa shape index (κ3) is 3.39. The van der Waals surface area contributed by atoms with Gasteiger partial charge in [0.2, 0.25) is 0 Å². The molecule has 2 N–H and O–H groups in total. The zero-order valence-electron chi connectivity index (χ0n) is 12.1. The van der Waals surface area contributed by atoms with Crippen LogP contribution < -0.4 is 10.5 Å². The van der Waals surface area contributed by atoms with E-state index in [9.17, 15) is 0 Å². The minimum atomic E-state index is 0.304. The van der Waals surface area contributed by atoms with E-state index in [4.69, 9.17) is 15.2 Å². The van der Waals surface area contributed by atoms with Crippen molar-refractivity contribution in [2.45, 2.75) is 39.0 Å². The van der Waals surface area contributed by atoms with Gasteiger partial charge >= 0.3 is 0 Å². The summed E-state index contributed by atoms with van der Waals surface area (Å²) in [5, 5.41) is 0. The van der Waals surface area contributed by atoms with Gasteiger partial charge in [0.15, 0.2) is 0 Å². The molecular weight excluding hydrogens is 240 g/mol. The van der Waals surface area contributed by atoms with Crippen molar-refractivity contribution in [3.8, 4) is 5.75 Å². The van der Waals surface area contributed by atoms with Crippen LogP contribution in [0.3, 0.4) is 0 Å². The first-order valence-corrected chi connectivity index (χ1v) is 6.92. The molecule has 2 rings (SSSR count). The molecule has 2 unspecified atom stereocenters. The van der Waals surface area contributed by atoms with Gasteiger partial charge in [0.1, 0.15) is 5.75 Å². The second-order valence-electron chi connectivity index (χ2n) is 5.21. The van der Waals surface area contributed by atoms with Crippen molar-refractivity contribution in [2.75, 3.05) is 26.0 Å². The van der Waals surface area contributed by atoms with E-state index in [0.717, 1.165) is 31.9 Å². The SMILES string of the molecule is CCC1COC(C)CN1Cc1ccc(OC)c(N)c1. The Morgan fingerprint density at radius 2 is 2.26 bits per heavy atom. The highest BCUT2D eigenvalue weighted by Crippen LogP contribution is 2.24. The maximum atomic E-state index is 5.96. The summed E-state index contributed by atoms with van der Waals surface area (Å²) in [6, 6.07) is 6.53. The summed E-state index contributed by atoms with van der Waals surface area (Å²) in [6.45, 7) is 7.05. The summed E-state index contributed by atoms with van der Waals surface area (Å²) in [7, 11) is 1.64. The van der Waals surface area contributed by atoms with Crippen LogP contribution in [-0.4, -0.2) is 37.3 Å². The highest BCUT2D eigenvalue weighted by Gasteiger charge is 2.25. The van der Waals surface area contributed by atoms with Gasteiger partial charge in [0.05, 0.1) is 25.5 Å². The minimum absolute atomic E-state index is 0.304. The molecule has 1 aliphatic heterocycles. The summed E-state index contributed by atoms with van der Waals surface area (Å²) in [6.07, 6.45) is 1.41. The first kappa shape index (κ1) is 14.2. The molecule has 0 amide bonds. The Bertz CT molecular complexity index is 423. The predicted octanol–water partition coefficient (Wildman–Crippen LogP) is 2.28. The average molecular weight is 264 g/mol. The fourth-order valence-electron chi connectivity index (χ4n) is 2.60. The van der Waals surface area contributed by atoms with Crippen LogP contribution in [0.15, 0.2) is 18.2 Å². The number of anilines is 1. The normalized spacial score (nSPS) is 24.4. The van der Waals surface area contributed by atoms with Crippen LogP contribution in [0.4, 0.5) is 5.69 Å². The lowest BCUT2D eigenvalue weighted by molar-refractivity contribution is -0.0591. The number of rotatable bonds is 4. The molecule has 1 fully saturated rings. The Morgan fingerprint density at radius 1 is 1.47 bits per heavy atom. The van der Waals surface area contributed by atoms with Crippen molar-refractivity contribution in [1.82, 2.24) is 4.90 Å². The van der Waals surface area contributed by atoms with Crippen LogP contribution in [0.1, 0.15) is 25.8 Å². The van der Waals surface area contributed by atoms with Gasteiger partial charge in [-0.3, -0.25) is 4.90 Å². The molecule has 0 saturated carbocycles. The molecule has 106 valence electrons. The highest BCUT2D eigenvalue weighted by atomic mass is 16.5. The minimum Gasteiger partial charge on any atom is -0.495 e. The number of morpholine rings is 1. The molecular formula is C15H24N2O2. The zero-order valence-corrected chi connectivity index (χ0v) is 12.1. The third-order valence-corrected chi connectivity index (χ3v) is 3.73. The van der Waals surface area contributed by atoms with Gasteiger partial charge in [-0.25, -0.2) is 0 Å². The Balaban J connectivity index is 2.08. The summed E-state index contributed by atoms with van der Waals surface area (Å²) >= 11 is 0. The number of benzene rings is 1. The third-order valence-electron chi connectivity index (χ3n) is 3.73. The molecule has 0 radical (unpaired) electrons. The van der Waals surface area contributed by atoms with Crippen molar-refractivity contribution < 1.29 is 9.47 Å². The van der Waals surface area contributed by atoms with Crippen molar-refractivity contribution in [2.24, 2.45) is 0 Å². The molecule has 0 aliphatic carbocycles. The van der Waals surface area contributed by atoms with Crippen molar-refractivity contribution in [3.63, 3.8) is 0 Å². The van der Waals surface area contributed by atoms with E-state index in [1.54, 1.807) is 7.11 Å². The monoisotopic (exact) mass is 264 g/mol. The molecule has 0 spiro atoms. The molecule has 2 atom stereocenters. The van der Waals surface area contributed by atoms with Crippen molar-refractivity contribution >= 4 is 5.69 Å². The van der Waals surface area contributed by atoms with E-state index in [1.165, 1.54) is 5.56 Å². The maximum Gasteiger partial charge on any atom is 0.141 e. The Labute approximate surface area is 115 Å². The molecule has 0 aromatic heterocycles. The topological polar surface area (TPSA) is 47.7 Å². The van der Waals surface area contributed by atoms with E-state index in [-0.39, 0.29) is 0 Å². The van der Waals surface area contributed by atoms with Crippen LogP contribution in [0.5, 0.6) is 5.75 Å². The zero-order chi connectivity index (χ0) is 13.8. The quantitative estimate of drug-likeness (QED) is 0.848. The second-order valence-corrected chi connectivity index (χ2v) is 5.21. The Kier molecular flexibility index (Phi) is 4.66. The first-order valence-electron chi connectivity index (χ1n) is 6.92. The van der Waals surface area contributed by atoms with E-state index < -0.39 is 0 Å². The van der Waals surface area contributed by atoms with Crippen LogP contribution in [0.2, 0.25) is 0 Å². The standard InChI is InChI=1S/C15H24N2O2/c1-4-13-10-19-11(2)8-17(13)9-12-5-6-15(18-3)14(16)7-12/h5-7,11,13H,4,8-10,16H2,1-3H3. The summed E-state index contributed by atoms with van der Waals surface area (Å²) in [5.41, 5.74) is 7.89. The molecule has 4 nitrogen and oxygen atoms in total. The fraction of sp³-hybridized carbons (Fsp3) is 0.600. The smallest absolute Gasteiger partial charge is 0.141 e. The van der Waals surface area contributed by atoms with E-state index in [0.29, 0.717) is 17.8 Å². The van der Waals surface area contributed by atoms with E-state index in [2.05, 4.69) is 24.8 Å². The van der Waals surface area contributed by atoms with E-state index >= 15 is 0 Å². The van der Waals surface area contributed by atoms with Crippen LogP contribution in [0.25, 0.3) is 0 Å². The second kappa shape index (κ2) is 6.26. The fourth-order valence-corrected chi connectivity index (χ4v) is 2.60. The molecule has 1 heterocycles. The number of hydrogen-bond donors (Lipinski definition) is 1. The molecule has 1 aliphatic rings. The van der Waals surface area contributed by atoms with Crippen LogP contribution in [-0.2, 0) is 11.3 Å². The van der Waals surface area contributed by atoms with Gasteiger partial charge in [-0.2, -0.15) is 0 Å². The highest BCUT2D eigenvalue weighted by molar-refractivity contribution is 5.54. The lowest BCUT2D eigenvalue weighted by Crippen LogP contribution is -2.47. The Hall–Kier alpha value is -1.26. The number of nitrogens with zero attached hydrogens (tertiary/aromatic N) is 1. The number of ether oxygens (including phenoxy) is 2. The first-order chi connectivity index (χ1) is 9.13. The summed E-state index contributed by atoms with van der Waals surface area (Å²) in [5.74, 6) is 0.742. The Morgan fingerprint density at radius 3 is 2.89 bits per heavy atom. The number of nitrogens with two attached hydrogens (primary N) is 1. The number of nitrogen functional groups attached to an aromatic ring is 1. The van der Waals surface area contributed by atoms with Gasteiger partial charge in [-0.05, 0) is 31.0 Å². The predicted molar refractivity (Wildman–Crippen MR) is 77.3 cm³/mol. The molecule has 1 aromatic rings.